The maximum Gasteiger partial charge on any atom is 0.376 e. The van der Waals surface area contributed by atoms with E-state index in [0.717, 1.165) is 11.3 Å². The van der Waals surface area contributed by atoms with Crippen LogP contribution in [-0.2, 0) is 13.6 Å². The van der Waals surface area contributed by atoms with Crippen LogP contribution < -0.4 is 15.1 Å². The van der Waals surface area contributed by atoms with Crippen molar-refractivity contribution in [1.82, 2.24) is 4.98 Å². The third kappa shape index (κ3) is 1.90. The van der Waals surface area contributed by atoms with E-state index in [4.69, 9.17) is 19.5 Å². The number of hydrogen-bond donors (Lipinski definition) is 1. The van der Waals surface area contributed by atoms with E-state index >= 15 is 0 Å². The van der Waals surface area contributed by atoms with Gasteiger partial charge in [-0.2, -0.15) is 4.98 Å². The molecule has 0 aliphatic rings. The van der Waals surface area contributed by atoms with E-state index in [9.17, 15) is 4.57 Å². The summed E-state index contributed by atoms with van der Waals surface area (Å²) in [5.74, 6) is 0.180. The fourth-order valence-electron chi connectivity index (χ4n) is 0.860. The Morgan fingerprint density at radius 1 is 1.36 bits per heavy atom. The predicted octanol–water partition coefficient (Wildman–Crippen LogP) is 0.845. The number of ether oxygens (including phenoxy) is 1. The number of aromatic nitrogens is 1. The van der Waals surface area contributed by atoms with E-state index in [-0.39, 0.29) is 15.6 Å². The van der Waals surface area contributed by atoms with Gasteiger partial charge < -0.3 is 19.5 Å². The quantitative estimate of drug-likeness (QED) is 0.783. The van der Waals surface area contributed by atoms with Crippen LogP contribution in [0.2, 0.25) is 0 Å². The first-order valence-electron chi connectivity index (χ1n) is 3.59. The third-order valence-electron chi connectivity index (χ3n) is 1.52. The molecular formula is C6H11N2O4PS. The molecule has 1 aromatic heterocycles. The van der Waals surface area contributed by atoms with Crippen molar-refractivity contribution in [3.63, 3.8) is 0 Å². The Labute approximate surface area is 85.5 Å². The molecule has 0 spiro atoms. The van der Waals surface area contributed by atoms with Crippen LogP contribution in [0.1, 0.15) is 0 Å². The molecule has 0 aliphatic carbocycles. The second-order valence-corrected chi connectivity index (χ2v) is 5.73. The van der Waals surface area contributed by atoms with Crippen LogP contribution in [-0.4, -0.2) is 26.3 Å². The van der Waals surface area contributed by atoms with Gasteiger partial charge in [-0.1, -0.05) is 11.3 Å². The molecule has 0 saturated heterocycles. The lowest BCUT2D eigenvalue weighted by molar-refractivity contribution is 0.286. The van der Waals surface area contributed by atoms with Crippen LogP contribution in [0.15, 0.2) is 0 Å². The molecule has 0 saturated carbocycles. The lowest BCUT2D eigenvalue weighted by Gasteiger charge is -2.11. The number of anilines is 1. The minimum Gasteiger partial charge on any atom is -0.480 e. The molecule has 0 amide bonds. The van der Waals surface area contributed by atoms with Crippen molar-refractivity contribution in [3.8, 4) is 5.88 Å². The number of hydrogen-bond acceptors (Lipinski definition) is 7. The molecule has 80 valence electrons. The Balaban J connectivity index is 3.22. The van der Waals surface area contributed by atoms with Gasteiger partial charge in [-0.25, -0.2) is 0 Å². The van der Waals surface area contributed by atoms with Gasteiger partial charge in [-0.15, -0.1) is 0 Å². The number of nitrogen functional groups attached to an aromatic ring is 1. The first kappa shape index (κ1) is 11.5. The lowest BCUT2D eigenvalue weighted by atomic mass is 10.9. The monoisotopic (exact) mass is 238 g/mol. The smallest absolute Gasteiger partial charge is 0.376 e. The van der Waals surface area contributed by atoms with Crippen molar-refractivity contribution >= 4 is 28.7 Å². The molecule has 0 fully saturated rings. The third-order valence-corrected chi connectivity index (χ3v) is 4.78. The molecular weight excluding hydrogens is 227 g/mol. The maximum atomic E-state index is 11.9. The Bertz CT molecular complexity index is 359. The lowest BCUT2D eigenvalue weighted by Crippen LogP contribution is -2.06. The van der Waals surface area contributed by atoms with Gasteiger partial charge in [0.2, 0.25) is 5.88 Å². The molecule has 1 heterocycles. The average Bonchev–Trinajstić information content (AvgIpc) is 2.59. The molecule has 0 bridgehead atoms. The van der Waals surface area contributed by atoms with Crippen LogP contribution in [0.5, 0.6) is 5.88 Å². The summed E-state index contributed by atoms with van der Waals surface area (Å²) in [5.41, 5.74) is 5.46. The van der Waals surface area contributed by atoms with Gasteiger partial charge in [-0.05, 0) is 0 Å². The van der Waals surface area contributed by atoms with Gasteiger partial charge in [-0.3, -0.25) is 4.57 Å². The van der Waals surface area contributed by atoms with Crippen molar-refractivity contribution < 1.29 is 18.3 Å². The van der Waals surface area contributed by atoms with Crippen molar-refractivity contribution in [2.24, 2.45) is 0 Å². The van der Waals surface area contributed by atoms with Crippen LogP contribution in [0.3, 0.4) is 0 Å². The minimum absolute atomic E-state index is 0.180. The molecule has 0 unspecified atom stereocenters. The van der Waals surface area contributed by atoms with E-state index in [1.165, 1.54) is 21.3 Å². The van der Waals surface area contributed by atoms with Crippen LogP contribution >= 0.6 is 18.9 Å². The molecule has 6 nitrogen and oxygen atoms in total. The fourth-order valence-corrected chi connectivity index (χ4v) is 3.43. The highest BCUT2D eigenvalue weighted by Crippen LogP contribution is 2.49. The number of nitrogens with two attached hydrogens (primary N) is 1. The Kier molecular flexibility index (Phi) is 3.49. The molecule has 0 aromatic carbocycles. The molecule has 2 N–H and O–H groups in total. The maximum absolute atomic E-state index is 11.9. The van der Waals surface area contributed by atoms with Gasteiger partial charge in [0.1, 0.15) is 0 Å². The summed E-state index contributed by atoms with van der Waals surface area (Å²) in [7, 11) is 0.677. The second-order valence-electron chi connectivity index (χ2n) is 2.23. The molecule has 0 aliphatic heterocycles. The molecule has 1 rings (SSSR count). The van der Waals surface area contributed by atoms with E-state index in [0.29, 0.717) is 0 Å². The van der Waals surface area contributed by atoms with Gasteiger partial charge >= 0.3 is 7.60 Å². The van der Waals surface area contributed by atoms with E-state index in [1.807, 2.05) is 0 Å². The van der Waals surface area contributed by atoms with Gasteiger partial charge in [0, 0.05) is 14.2 Å². The van der Waals surface area contributed by atoms with E-state index < -0.39 is 7.60 Å². The topological polar surface area (TPSA) is 83.7 Å². The van der Waals surface area contributed by atoms with Crippen LogP contribution in [0.25, 0.3) is 0 Å². The Morgan fingerprint density at radius 2 is 1.93 bits per heavy atom. The normalized spacial score (nSPS) is 11.6. The van der Waals surface area contributed by atoms with Crippen molar-refractivity contribution in [2.75, 3.05) is 27.1 Å². The SMILES string of the molecule is COc1nc(N)sc1P(=O)(OC)OC. The standard InChI is InChI=1S/C6H11N2O4PS/c1-10-4-5(14-6(7)8-4)13(9,11-2)12-3/h1-3H3,(H2,7,8). The predicted molar refractivity (Wildman–Crippen MR) is 54.3 cm³/mol. The highest BCUT2D eigenvalue weighted by atomic mass is 32.1. The number of nitrogens with zero attached hydrogens (tertiary/aromatic N) is 1. The highest BCUT2D eigenvalue weighted by Gasteiger charge is 2.32. The summed E-state index contributed by atoms with van der Waals surface area (Å²) in [5, 5.41) is 0.256. The zero-order valence-electron chi connectivity index (χ0n) is 8.01. The van der Waals surface area contributed by atoms with Crippen molar-refractivity contribution in [3.05, 3.63) is 0 Å². The number of rotatable bonds is 4. The number of thiazole rings is 1. The fraction of sp³-hybridized carbons (Fsp3) is 0.500. The highest BCUT2D eigenvalue weighted by molar-refractivity contribution is 7.69. The minimum atomic E-state index is -3.32. The number of methoxy groups -OCH3 is 1. The van der Waals surface area contributed by atoms with Crippen LogP contribution in [0.4, 0.5) is 5.13 Å². The summed E-state index contributed by atoms with van der Waals surface area (Å²) >= 11 is 1.02. The summed E-state index contributed by atoms with van der Waals surface area (Å²) in [6.45, 7) is 0. The Hall–Kier alpha value is -0.620. The molecule has 0 radical (unpaired) electrons. The van der Waals surface area contributed by atoms with E-state index in [1.54, 1.807) is 0 Å². The molecule has 0 atom stereocenters. The molecule has 8 heteroatoms. The van der Waals surface area contributed by atoms with Gasteiger partial charge in [0.05, 0.1) is 7.11 Å². The molecule has 14 heavy (non-hydrogen) atoms. The first-order valence-corrected chi connectivity index (χ1v) is 5.95. The largest absolute Gasteiger partial charge is 0.480 e. The Morgan fingerprint density at radius 3 is 2.36 bits per heavy atom. The van der Waals surface area contributed by atoms with Crippen molar-refractivity contribution in [2.45, 2.75) is 0 Å². The van der Waals surface area contributed by atoms with E-state index in [2.05, 4.69) is 4.98 Å². The summed E-state index contributed by atoms with van der Waals surface area (Å²) < 4.78 is 26.7. The summed E-state index contributed by atoms with van der Waals surface area (Å²) in [4.78, 5) is 3.83. The van der Waals surface area contributed by atoms with Gasteiger partial charge in [0.25, 0.3) is 0 Å². The average molecular weight is 238 g/mol. The zero-order valence-corrected chi connectivity index (χ0v) is 9.72. The second kappa shape index (κ2) is 4.27. The van der Waals surface area contributed by atoms with Gasteiger partial charge in [0.15, 0.2) is 9.75 Å². The first-order chi connectivity index (χ1) is 6.57. The summed E-state index contributed by atoms with van der Waals surface area (Å²) in [6, 6.07) is 0. The van der Waals surface area contributed by atoms with Crippen LogP contribution in [0, 0.1) is 0 Å². The molecule has 1 aromatic rings. The summed E-state index contributed by atoms with van der Waals surface area (Å²) in [6.07, 6.45) is 0. The van der Waals surface area contributed by atoms with Crippen molar-refractivity contribution in [1.29, 1.82) is 0 Å². The zero-order chi connectivity index (χ0) is 10.8.